The summed E-state index contributed by atoms with van der Waals surface area (Å²) in [4.78, 5) is 0. The Labute approximate surface area is 113 Å². The molecule has 0 aliphatic heterocycles. The van der Waals surface area contributed by atoms with Gasteiger partial charge in [-0.3, -0.25) is 0 Å². The van der Waals surface area contributed by atoms with Crippen LogP contribution < -0.4 is 5.32 Å². The van der Waals surface area contributed by atoms with E-state index in [0.717, 1.165) is 12.0 Å². The van der Waals surface area contributed by atoms with Crippen LogP contribution >= 0.6 is 0 Å². The van der Waals surface area contributed by atoms with Crippen LogP contribution in [0.2, 0.25) is 0 Å². The first-order valence-corrected chi connectivity index (χ1v) is 6.56. The maximum absolute atomic E-state index is 5.63. The summed E-state index contributed by atoms with van der Waals surface area (Å²) in [6.07, 6.45) is 2.83. The van der Waals surface area contributed by atoms with Gasteiger partial charge in [-0.05, 0) is 25.1 Å². The summed E-state index contributed by atoms with van der Waals surface area (Å²) in [6, 6.07) is 19.0. The fourth-order valence-electron chi connectivity index (χ4n) is 2.49. The number of benzene rings is 2. The highest BCUT2D eigenvalue weighted by Gasteiger charge is 2.15. The summed E-state index contributed by atoms with van der Waals surface area (Å²) in [6.45, 7) is 0. The highest BCUT2D eigenvalue weighted by molar-refractivity contribution is 5.81. The molecule has 1 heterocycles. The molecule has 1 N–H and O–H groups in total. The Morgan fingerprint density at radius 3 is 2.53 bits per heavy atom. The maximum atomic E-state index is 5.63. The van der Waals surface area contributed by atoms with Crippen LogP contribution in [-0.4, -0.2) is 7.05 Å². The van der Waals surface area contributed by atoms with Crippen molar-refractivity contribution >= 4 is 11.0 Å². The van der Waals surface area contributed by atoms with E-state index in [1.54, 1.807) is 0 Å². The minimum atomic E-state index is 0.269. The molecule has 1 unspecified atom stereocenters. The van der Waals surface area contributed by atoms with Crippen molar-refractivity contribution in [3.63, 3.8) is 0 Å². The molecule has 96 valence electrons. The fraction of sp³-hybridized carbons (Fsp3) is 0.176. The van der Waals surface area contributed by atoms with E-state index in [0.29, 0.717) is 0 Å². The van der Waals surface area contributed by atoms with Crippen LogP contribution in [0.3, 0.4) is 0 Å². The van der Waals surface area contributed by atoms with E-state index in [-0.39, 0.29) is 6.04 Å². The first-order chi connectivity index (χ1) is 9.38. The van der Waals surface area contributed by atoms with Gasteiger partial charge >= 0.3 is 0 Å². The van der Waals surface area contributed by atoms with Gasteiger partial charge in [-0.2, -0.15) is 0 Å². The summed E-state index contributed by atoms with van der Waals surface area (Å²) in [5.74, 6) is 0. The SMILES string of the molecule is CNC(Cc1ccccc1)c1coc2ccccc12. The van der Waals surface area contributed by atoms with Crippen molar-refractivity contribution in [3.8, 4) is 0 Å². The Balaban J connectivity index is 1.94. The molecular weight excluding hydrogens is 234 g/mol. The quantitative estimate of drug-likeness (QED) is 0.760. The van der Waals surface area contributed by atoms with E-state index >= 15 is 0 Å². The van der Waals surface area contributed by atoms with Crippen molar-refractivity contribution in [3.05, 3.63) is 72.0 Å². The molecule has 0 aliphatic rings. The molecule has 3 aromatic rings. The van der Waals surface area contributed by atoms with E-state index < -0.39 is 0 Å². The number of furan rings is 1. The molecule has 19 heavy (non-hydrogen) atoms. The lowest BCUT2D eigenvalue weighted by atomic mass is 9.98. The van der Waals surface area contributed by atoms with Crippen LogP contribution in [0, 0.1) is 0 Å². The normalized spacial score (nSPS) is 12.7. The van der Waals surface area contributed by atoms with Gasteiger partial charge in [-0.15, -0.1) is 0 Å². The van der Waals surface area contributed by atoms with Crippen LogP contribution in [0.15, 0.2) is 65.3 Å². The van der Waals surface area contributed by atoms with Crippen molar-refractivity contribution in [1.29, 1.82) is 0 Å². The van der Waals surface area contributed by atoms with Crippen molar-refractivity contribution in [2.75, 3.05) is 7.05 Å². The fourth-order valence-corrected chi connectivity index (χ4v) is 2.49. The molecule has 3 rings (SSSR count). The standard InChI is InChI=1S/C17H17NO/c1-18-16(11-13-7-3-2-4-8-13)15-12-19-17-10-6-5-9-14(15)17/h2-10,12,16,18H,11H2,1H3. The molecule has 0 bridgehead atoms. The lowest BCUT2D eigenvalue weighted by Gasteiger charge is -2.15. The van der Waals surface area contributed by atoms with E-state index in [4.69, 9.17) is 4.42 Å². The lowest BCUT2D eigenvalue weighted by molar-refractivity contribution is 0.563. The number of fused-ring (bicyclic) bond motifs is 1. The van der Waals surface area contributed by atoms with Crippen molar-refractivity contribution < 1.29 is 4.42 Å². The summed E-state index contributed by atoms with van der Waals surface area (Å²) < 4.78 is 5.63. The third kappa shape index (κ3) is 2.40. The predicted molar refractivity (Wildman–Crippen MR) is 78.2 cm³/mol. The molecule has 0 saturated heterocycles. The Kier molecular flexibility index (Phi) is 3.34. The highest BCUT2D eigenvalue weighted by Crippen LogP contribution is 2.28. The summed E-state index contributed by atoms with van der Waals surface area (Å²) in [5, 5.41) is 4.58. The Bertz CT molecular complexity index is 657. The van der Waals surface area contributed by atoms with Gasteiger partial charge in [-0.1, -0.05) is 48.5 Å². The molecule has 0 saturated carbocycles. The van der Waals surface area contributed by atoms with Crippen molar-refractivity contribution in [1.82, 2.24) is 5.32 Å². The van der Waals surface area contributed by atoms with Gasteiger partial charge in [0, 0.05) is 17.0 Å². The van der Waals surface area contributed by atoms with E-state index in [9.17, 15) is 0 Å². The Morgan fingerprint density at radius 1 is 1.00 bits per heavy atom. The molecule has 0 radical (unpaired) electrons. The van der Waals surface area contributed by atoms with Crippen molar-refractivity contribution in [2.45, 2.75) is 12.5 Å². The van der Waals surface area contributed by atoms with Crippen LogP contribution in [0.1, 0.15) is 17.2 Å². The molecule has 2 aromatic carbocycles. The average Bonchev–Trinajstić information content (AvgIpc) is 2.90. The van der Waals surface area contributed by atoms with Gasteiger partial charge in [0.25, 0.3) is 0 Å². The number of rotatable bonds is 4. The van der Waals surface area contributed by atoms with Gasteiger partial charge < -0.3 is 9.73 Å². The average molecular weight is 251 g/mol. The van der Waals surface area contributed by atoms with Crippen LogP contribution in [0.4, 0.5) is 0 Å². The van der Waals surface area contributed by atoms with Gasteiger partial charge in [0.1, 0.15) is 5.58 Å². The second kappa shape index (κ2) is 5.29. The predicted octanol–water partition coefficient (Wildman–Crippen LogP) is 3.94. The number of hydrogen-bond donors (Lipinski definition) is 1. The molecule has 0 spiro atoms. The number of likely N-dealkylation sites (N-methyl/N-ethyl adjacent to an activating group) is 1. The first-order valence-electron chi connectivity index (χ1n) is 6.56. The minimum absolute atomic E-state index is 0.269. The zero-order chi connectivity index (χ0) is 13.1. The molecule has 0 aliphatic carbocycles. The van der Waals surface area contributed by atoms with E-state index in [2.05, 4.69) is 41.7 Å². The third-order valence-corrected chi connectivity index (χ3v) is 3.52. The van der Waals surface area contributed by atoms with E-state index in [1.807, 2.05) is 31.5 Å². The molecular formula is C17H17NO. The Hall–Kier alpha value is -2.06. The molecule has 2 nitrogen and oxygen atoms in total. The highest BCUT2D eigenvalue weighted by atomic mass is 16.3. The second-order valence-corrected chi connectivity index (χ2v) is 4.72. The molecule has 1 atom stereocenters. The van der Waals surface area contributed by atoms with Gasteiger partial charge in [-0.25, -0.2) is 0 Å². The number of hydrogen-bond acceptors (Lipinski definition) is 2. The number of nitrogens with one attached hydrogen (secondary N) is 1. The second-order valence-electron chi connectivity index (χ2n) is 4.72. The topological polar surface area (TPSA) is 25.2 Å². The summed E-state index contributed by atoms with van der Waals surface area (Å²) >= 11 is 0. The lowest BCUT2D eigenvalue weighted by Crippen LogP contribution is -2.18. The summed E-state index contributed by atoms with van der Waals surface area (Å²) in [5.41, 5.74) is 3.50. The third-order valence-electron chi connectivity index (χ3n) is 3.52. The largest absolute Gasteiger partial charge is 0.464 e. The summed E-state index contributed by atoms with van der Waals surface area (Å²) in [7, 11) is 2.00. The zero-order valence-corrected chi connectivity index (χ0v) is 11.0. The molecule has 2 heteroatoms. The molecule has 0 fully saturated rings. The van der Waals surface area contributed by atoms with Gasteiger partial charge in [0.15, 0.2) is 0 Å². The molecule has 0 amide bonds. The number of para-hydroxylation sites is 1. The first kappa shape index (κ1) is 12.0. The smallest absolute Gasteiger partial charge is 0.134 e. The Morgan fingerprint density at radius 2 is 1.74 bits per heavy atom. The van der Waals surface area contributed by atoms with Crippen LogP contribution in [0.5, 0.6) is 0 Å². The van der Waals surface area contributed by atoms with E-state index in [1.165, 1.54) is 16.5 Å². The van der Waals surface area contributed by atoms with Gasteiger partial charge in [0.05, 0.1) is 6.26 Å². The zero-order valence-electron chi connectivity index (χ0n) is 11.0. The minimum Gasteiger partial charge on any atom is -0.464 e. The monoisotopic (exact) mass is 251 g/mol. The molecule has 1 aromatic heterocycles. The maximum Gasteiger partial charge on any atom is 0.134 e. The van der Waals surface area contributed by atoms with Crippen molar-refractivity contribution in [2.24, 2.45) is 0 Å². The van der Waals surface area contributed by atoms with Crippen LogP contribution in [-0.2, 0) is 6.42 Å². The van der Waals surface area contributed by atoms with Gasteiger partial charge in [0.2, 0.25) is 0 Å². The van der Waals surface area contributed by atoms with Crippen LogP contribution in [0.25, 0.3) is 11.0 Å².